The van der Waals surface area contributed by atoms with Crippen LogP contribution < -0.4 is 15.1 Å². The average molecular weight is 424 g/mol. The molecular formula is C23H29N5O3. The third-order valence-electron chi connectivity index (χ3n) is 6.25. The Hall–Kier alpha value is -3.16. The van der Waals surface area contributed by atoms with Gasteiger partial charge in [-0.3, -0.25) is 14.9 Å². The van der Waals surface area contributed by atoms with Crippen molar-refractivity contribution in [3.8, 4) is 0 Å². The second-order valence-corrected chi connectivity index (χ2v) is 8.53. The minimum absolute atomic E-state index is 0.0732. The molecule has 1 N–H and O–H groups in total. The highest BCUT2D eigenvalue weighted by atomic mass is 16.6. The quantitative estimate of drug-likeness (QED) is 0.562. The number of carbonyl (C=O) groups excluding carboxylic acids is 1. The van der Waals surface area contributed by atoms with E-state index in [0.29, 0.717) is 18.0 Å². The number of hydrogen-bond acceptors (Lipinski definition) is 6. The number of nitro groups is 1. The molecule has 4 rings (SSSR count). The first-order chi connectivity index (χ1) is 15.0. The van der Waals surface area contributed by atoms with Gasteiger partial charge in [-0.2, -0.15) is 0 Å². The van der Waals surface area contributed by atoms with Crippen LogP contribution in [0.15, 0.2) is 36.5 Å². The van der Waals surface area contributed by atoms with E-state index in [-0.39, 0.29) is 11.6 Å². The normalized spacial score (nSPS) is 17.1. The monoisotopic (exact) mass is 423 g/mol. The van der Waals surface area contributed by atoms with Gasteiger partial charge in [0.2, 0.25) is 0 Å². The number of amides is 1. The molecule has 8 heteroatoms. The van der Waals surface area contributed by atoms with Crippen LogP contribution in [-0.2, 0) is 6.54 Å². The van der Waals surface area contributed by atoms with E-state index in [4.69, 9.17) is 0 Å². The molecule has 2 fully saturated rings. The van der Waals surface area contributed by atoms with Crippen LogP contribution in [0.25, 0.3) is 0 Å². The summed E-state index contributed by atoms with van der Waals surface area (Å²) in [4.78, 5) is 32.8. The number of hydrogen-bond donors (Lipinski definition) is 1. The van der Waals surface area contributed by atoms with Crippen molar-refractivity contribution in [3.05, 3.63) is 57.8 Å². The molecule has 2 aliphatic heterocycles. The van der Waals surface area contributed by atoms with Gasteiger partial charge in [-0.25, -0.2) is 4.98 Å². The van der Waals surface area contributed by atoms with Crippen LogP contribution in [0.3, 0.4) is 0 Å². The molecule has 0 spiro atoms. The van der Waals surface area contributed by atoms with Gasteiger partial charge in [-0.05, 0) is 49.3 Å². The van der Waals surface area contributed by atoms with Crippen LogP contribution in [0.1, 0.15) is 48.5 Å². The zero-order chi connectivity index (χ0) is 21.8. The van der Waals surface area contributed by atoms with Crippen LogP contribution in [0, 0.1) is 16.0 Å². The molecule has 3 heterocycles. The second-order valence-electron chi connectivity index (χ2n) is 8.53. The molecule has 0 radical (unpaired) electrons. The number of anilines is 2. The van der Waals surface area contributed by atoms with Crippen molar-refractivity contribution in [1.82, 2.24) is 10.3 Å². The SMILES string of the molecule is CC1CCN(c2ccc([N+](=O)[O-])cc2C(=O)NCc2ccc(N3CCCC3)nc2)CC1. The fraction of sp³-hybridized carbons (Fsp3) is 0.478. The fourth-order valence-electron chi connectivity index (χ4n) is 4.28. The van der Waals surface area contributed by atoms with Gasteiger partial charge in [-0.1, -0.05) is 13.0 Å². The minimum atomic E-state index is -0.458. The Morgan fingerprint density at radius 2 is 1.87 bits per heavy atom. The summed E-state index contributed by atoms with van der Waals surface area (Å²) in [6.45, 7) is 6.32. The van der Waals surface area contributed by atoms with Crippen LogP contribution >= 0.6 is 0 Å². The Bertz CT molecular complexity index is 933. The lowest BCUT2D eigenvalue weighted by Gasteiger charge is -2.33. The van der Waals surface area contributed by atoms with Crippen molar-refractivity contribution in [2.24, 2.45) is 5.92 Å². The molecule has 0 bridgehead atoms. The van der Waals surface area contributed by atoms with Crippen molar-refractivity contribution < 1.29 is 9.72 Å². The summed E-state index contributed by atoms with van der Waals surface area (Å²) in [5, 5.41) is 14.2. The van der Waals surface area contributed by atoms with Gasteiger partial charge in [0.05, 0.1) is 16.2 Å². The molecule has 0 unspecified atom stereocenters. The van der Waals surface area contributed by atoms with Crippen molar-refractivity contribution >= 4 is 23.1 Å². The molecule has 31 heavy (non-hydrogen) atoms. The predicted molar refractivity (Wildman–Crippen MR) is 121 cm³/mol. The van der Waals surface area contributed by atoms with Crippen molar-refractivity contribution in [2.75, 3.05) is 36.0 Å². The molecule has 2 aliphatic rings. The number of piperidine rings is 1. The molecule has 2 aromatic rings. The molecule has 8 nitrogen and oxygen atoms in total. The third kappa shape index (κ3) is 4.95. The summed E-state index contributed by atoms with van der Waals surface area (Å²) in [6.07, 6.45) is 6.27. The summed E-state index contributed by atoms with van der Waals surface area (Å²) in [7, 11) is 0. The summed E-state index contributed by atoms with van der Waals surface area (Å²) < 4.78 is 0. The molecule has 1 aromatic carbocycles. The number of non-ortho nitro benzene ring substituents is 1. The molecule has 0 saturated carbocycles. The number of aromatic nitrogens is 1. The van der Waals surface area contributed by atoms with E-state index in [2.05, 4.69) is 27.0 Å². The van der Waals surface area contributed by atoms with E-state index in [0.717, 1.165) is 56.1 Å². The second kappa shape index (κ2) is 9.32. The van der Waals surface area contributed by atoms with Gasteiger partial charge in [0, 0.05) is 51.1 Å². The molecule has 0 atom stereocenters. The predicted octanol–water partition coefficient (Wildman–Crippen LogP) is 3.76. The van der Waals surface area contributed by atoms with Crippen molar-refractivity contribution in [3.63, 3.8) is 0 Å². The Kier molecular flexibility index (Phi) is 6.34. The Labute approximate surface area is 182 Å². The van der Waals surface area contributed by atoms with E-state index in [1.807, 2.05) is 12.1 Å². The van der Waals surface area contributed by atoms with Crippen LogP contribution in [0.5, 0.6) is 0 Å². The van der Waals surface area contributed by atoms with Gasteiger partial charge in [0.25, 0.3) is 11.6 Å². The van der Waals surface area contributed by atoms with Gasteiger partial charge in [0.1, 0.15) is 5.82 Å². The standard InChI is InChI=1S/C23H29N5O3/c1-17-8-12-26(13-9-17)21-6-5-19(28(30)31)14-20(21)23(29)25-16-18-4-7-22(24-15-18)27-10-2-3-11-27/h4-7,14-15,17H,2-3,8-13,16H2,1H3,(H,25,29). The molecule has 1 amide bonds. The van der Waals surface area contributed by atoms with E-state index in [1.165, 1.54) is 25.0 Å². The summed E-state index contributed by atoms with van der Waals surface area (Å²) in [6, 6.07) is 8.53. The maximum absolute atomic E-state index is 13.0. The lowest BCUT2D eigenvalue weighted by atomic mass is 9.98. The van der Waals surface area contributed by atoms with E-state index < -0.39 is 4.92 Å². The highest BCUT2D eigenvalue weighted by molar-refractivity contribution is 6.00. The van der Waals surface area contributed by atoms with Gasteiger partial charge in [-0.15, -0.1) is 0 Å². The summed E-state index contributed by atoms with van der Waals surface area (Å²) in [5.41, 5.74) is 1.94. The van der Waals surface area contributed by atoms with Crippen LogP contribution in [-0.4, -0.2) is 42.0 Å². The molecule has 0 aliphatic carbocycles. The zero-order valence-electron chi connectivity index (χ0n) is 17.9. The van der Waals surface area contributed by atoms with E-state index in [1.54, 1.807) is 12.3 Å². The lowest BCUT2D eigenvalue weighted by Crippen LogP contribution is -2.35. The lowest BCUT2D eigenvalue weighted by molar-refractivity contribution is -0.384. The molecule has 1 aromatic heterocycles. The van der Waals surface area contributed by atoms with Gasteiger partial charge < -0.3 is 15.1 Å². The first-order valence-corrected chi connectivity index (χ1v) is 11.0. The highest BCUT2D eigenvalue weighted by Gasteiger charge is 2.23. The number of benzene rings is 1. The Morgan fingerprint density at radius 1 is 1.13 bits per heavy atom. The topological polar surface area (TPSA) is 91.6 Å². The smallest absolute Gasteiger partial charge is 0.270 e. The average Bonchev–Trinajstić information content (AvgIpc) is 3.33. The maximum Gasteiger partial charge on any atom is 0.270 e. The Balaban J connectivity index is 1.47. The first kappa shape index (κ1) is 21.1. The van der Waals surface area contributed by atoms with Gasteiger partial charge in [0.15, 0.2) is 0 Å². The van der Waals surface area contributed by atoms with Crippen LogP contribution in [0.4, 0.5) is 17.2 Å². The zero-order valence-corrected chi connectivity index (χ0v) is 17.9. The number of rotatable bonds is 6. The van der Waals surface area contributed by atoms with Crippen molar-refractivity contribution in [1.29, 1.82) is 0 Å². The molecule has 2 saturated heterocycles. The number of carbonyl (C=O) groups is 1. The van der Waals surface area contributed by atoms with Crippen LogP contribution in [0.2, 0.25) is 0 Å². The number of nitrogens with zero attached hydrogens (tertiary/aromatic N) is 4. The summed E-state index contributed by atoms with van der Waals surface area (Å²) >= 11 is 0. The van der Waals surface area contributed by atoms with E-state index in [9.17, 15) is 14.9 Å². The number of nitro benzene ring substituents is 1. The minimum Gasteiger partial charge on any atom is -0.371 e. The van der Waals surface area contributed by atoms with E-state index >= 15 is 0 Å². The van der Waals surface area contributed by atoms with Crippen molar-refractivity contribution in [2.45, 2.75) is 39.2 Å². The third-order valence-corrected chi connectivity index (χ3v) is 6.25. The molecular weight excluding hydrogens is 394 g/mol. The van der Waals surface area contributed by atoms with Gasteiger partial charge >= 0.3 is 0 Å². The summed E-state index contributed by atoms with van der Waals surface area (Å²) in [5.74, 6) is 1.32. The number of pyridine rings is 1. The maximum atomic E-state index is 13.0. The Morgan fingerprint density at radius 3 is 2.52 bits per heavy atom. The largest absolute Gasteiger partial charge is 0.371 e. The first-order valence-electron chi connectivity index (χ1n) is 11.0. The molecule has 164 valence electrons. The number of nitrogens with one attached hydrogen (secondary N) is 1. The highest BCUT2D eigenvalue weighted by Crippen LogP contribution is 2.29. The fourth-order valence-corrected chi connectivity index (χ4v) is 4.28.